The van der Waals surface area contributed by atoms with Gasteiger partial charge in [0.25, 0.3) is 6.43 Å². The molecule has 0 radical (unpaired) electrons. The van der Waals surface area contributed by atoms with Crippen LogP contribution in [0.5, 0.6) is 0 Å². The number of nitrogens with one attached hydrogen (secondary N) is 1. The summed E-state index contributed by atoms with van der Waals surface area (Å²) in [6.45, 7) is 0.460. The molecule has 0 spiro atoms. The van der Waals surface area contributed by atoms with Crippen LogP contribution in [0.25, 0.3) is 0 Å². The minimum Gasteiger partial charge on any atom is -0.359 e. The maximum atomic E-state index is 11.6. The number of alkyl halides is 2. The van der Waals surface area contributed by atoms with Gasteiger partial charge in [0.2, 0.25) is 0 Å². The van der Waals surface area contributed by atoms with E-state index in [1.807, 2.05) is 0 Å². The van der Waals surface area contributed by atoms with Crippen molar-refractivity contribution in [3.63, 3.8) is 0 Å². The van der Waals surface area contributed by atoms with Crippen molar-refractivity contribution in [1.29, 1.82) is 0 Å². The number of aliphatic imine (C=N–C) groups is 1. The van der Waals surface area contributed by atoms with E-state index in [2.05, 4.69) is 10.3 Å². The van der Waals surface area contributed by atoms with Gasteiger partial charge in [-0.2, -0.15) is 0 Å². The molecule has 0 saturated heterocycles. The fraction of sp³-hybridized carbons (Fsp3) is 0.800. The maximum Gasteiger partial charge on any atom is 0.255 e. The highest BCUT2D eigenvalue weighted by Gasteiger charge is 2.08. The van der Waals surface area contributed by atoms with Crippen molar-refractivity contribution in [3.05, 3.63) is 0 Å². The van der Waals surface area contributed by atoms with Crippen molar-refractivity contribution in [2.75, 3.05) is 18.8 Å². The second kappa shape index (κ2) is 3.75. The van der Waals surface area contributed by atoms with Gasteiger partial charge in [0.1, 0.15) is 0 Å². The lowest BCUT2D eigenvalue weighted by atomic mass is 10.7. The number of hydrogen-bond donors (Lipinski definition) is 1. The Morgan fingerprint density at radius 2 is 2.50 bits per heavy atom. The molecule has 0 bridgehead atoms. The van der Waals surface area contributed by atoms with Crippen LogP contribution in [0.1, 0.15) is 0 Å². The number of nitrogens with zero attached hydrogens (tertiary/aromatic N) is 1. The lowest BCUT2D eigenvalue weighted by Gasteiger charge is -2.01. The average molecular weight is 166 g/mol. The molecular formula is C5H8F2N2S. The average Bonchev–Trinajstić information content (AvgIpc) is 2.34. The van der Waals surface area contributed by atoms with E-state index in [-0.39, 0.29) is 6.54 Å². The van der Waals surface area contributed by atoms with Crippen LogP contribution in [0.3, 0.4) is 0 Å². The first-order chi connectivity index (χ1) is 4.79. The molecule has 0 amide bonds. The Balaban J connectivity index is 2.13. The van der Waals surface area contributed by atoms with Gasteiger partial charge in [-0.3, -0.25) is 4.99 Å². The predicted molar refractivity (Wildman–Crippen MR) is 38.8 cm³/mol. The molecule has 1 aliphatic heterocycles. The number of hydrogen-bond acceptors (Lipinski definition) is 3. The number of amidine groups is 1. The number of rotatable bonds is 2. The Labute approximate surface area is 62.1 Å². The minimum atomic E-state index is -2.29. The molecule has 10 heavy (non-hydrogen) atoms. The van der Waals surface area contributed by atoms with Gasteiger partial charge in [-0.25, -0.2) is 8.78 Å². The summed E-state index contributed by atoms with van der Waals surface area (Å²) in [5, 5.41) is 3.20. The molecule has 0 aliphatic carbocycles. The van der Waals surface area contributed by atoms with Gasteiger partial charge in [-0.15, -0.1) is 0 Å². The Hall–Kier alpha value is -0.320. The third-order valence-corrected chi connectivity index (χ3v) is 1.93. The Kier molecular flexibility index (Phi) is 2.92. The fourth-order valence-corrected chi connectivity index (χ4v) is 1.35. The van der Waals surface area contributed by atoms with Crippen molar-refractivity contribution >= 4 is 16.9 Å². The van der Waals surface area contributed by atoms with Gasteiger partial charge in [0, 0.05) is 5.75 Å². The van der Waals surface area contributed by atoms with E-state index in [9.17, 15) is 8.78 Å². The zero-order valence-corrected chi connectivity index (χ0v) is 6.13. The molecule has 1 N–H and O–H groups in total. The first kappa shape index (κ1) is 7.78. The van der Waals surface area contributed by atoms with Gasteiger partial charge < -0.3 is 5.32 Å². The predicted octanol–water partition coefficient (Wildman–Crippen LogP) is 0.944. The van der Waals surface area contributed by atoms with Gasteiger partial charge in [-0.05, 0) is 0 Å². The normalized spacial score (nSPS) is 17.7. The molecular weight excluding hydrogens is 158 g/mol. The zero-order chi connectivity index (χ0) is 7.40. The summed E-state index contributed by atoms with van der Waals surface area (Å²) >= 11 is 1.49. The topological polar surface area (TPSA) is 24.4 Å². The van der Waals surface area contributed by atoms with Gasteiger partial charge in [0.05, 0.1) is 13.1 Å². The summed E-state index contributed by atoms with van der Waals surface area (Å²) in [6, 6.07) is 0. The van der Waals surface area contributed by atoms with Crippen molar-refractivity contribution in [2.24, 2.45) is 4.99 Å². The van der Waals surface area contributed by atoms with Crippen molar-refractivity contribution < 1.29 is 8.78 Å². The second-order valence-electron chi connectivity index (χ2n) is 1.81. The molecule has 0 aromatic heterocycles. The Morgan fingerprint density at radius 3 is 3.00 bits per heavy atom. The third kappa shape index (κ3) is 2.51. The van der Waals surface area contributed by atoms with Gasteiger partial charge in [-0.1, -0.05) is 11.8 Å². The lowest BCUT2D eigenvalue weighted by molar-refractivity contribution is 0.152. The van der Waals surface area contributed by atoms with Crippen LogP contribution in [0, 0.1) is 0 Å². The van der Waals surface area contributed by atoms with Crippen molar-refractivity contribution in [3.8, 4) is 0 Å². The van der Waals surface area contributed by atoms with Crippen LogP contribution in [-0.2, 0) is 0 Å². The summed E-state index contributed by atoms with van der Waals surface area (Å²) in [7, 11) is 0. The van der Waals surface area contributed by atoms with E-state index in [0.29, 0.717) is 5.17 Å². The Bertz CT molecular complexity index is 138. The quantitative estimate of drug-likeness (QED) is 0.660. The molecule has 0 saturated carbocycles. The molecule has 5 heteroatoms. The van der Waals surface area contributed by atoms with Crippen LogP contribution >= 0.6 is 11.8 Å². The van der Waals surface area contributed by atoms with E-state index in [4.69, 9.17) is 0 Å². The minimum absolute atomic E-state index is 0.286. The molecule has 0 unspecified atom stereocenters. The summed E-state index contributed by atoms with van der Waals surface area (Å²) < 4.78 is 23.1. The summed E-state index contributed by atoms with van der Waals surface area (Å²) in [4.78, 5) is 3.94. The SMILES string of the molecule is FC(F)CNC1=NCCS1. The molecule has 1 heterocycles. The van der Waals surface area contributed by atoms with Crippen LogP contribution in [0.4, 0.5) is 8.78 Å². The van der Waals surface area contributed by atoms with E-state index in [1.54, 1.807) is 0 Å². The van der Waals surface area contributed by atoms with E-state index in [1.165, 1.54) is 11.8 Å². The molecule has 0 aromatic rings. The highest BCUT2D eigenvalue weighted by Crippen LogP contribution is 2.08. The largest absolute Gasteiger partial charge is 0.359 e. The third-order valence-electron chi connectivity index (χ3n) is 0.993. The standard InChI is InChI=1S/C5H8F2N2S/c6-4(7)3-9-5-8-1-2-10-5/h4H,1-3H2,(H,8,9). The smallest absolute Gasteiger partial charge is 0.255 e. The monoisotopic (exact) mass is 166 g/mol. The zero-order valence-electron chi connectivity index (χ0n) is 5.31. The first-order valence-corrected chi connectivity index (χ1v) is 3.97. The van der Waals surface area contributed by atoms with Gasteiger partial charge >= 0.3 is 0 Å². The number of thioether (sulfide) groups is 1. The lowest BCUT2D eigenvalue weighted by Crippen LogP contribution is -2.24. The van der Waals surface area contributed by atoms with Crippen LogP contribution in [0.15, 0.2) is 4.99 Å². The summed E-state index contributed by atoms with van der Waals surface area (Å²) in [6.07, 6.45) is -2.29. The van der Waals surface area contributed by atoms with E-state index >= 15 is 0 Å². The van der Waals surface area contributed by atoms with Crippen LogP contribution in [0.2, 0.25) is 0 Å². The van der Waals surface area contributed by atoms with Gasteiger partial charge in [0.15, 0.2) is 5.17 Å². The highest BCUT2D eigenvalue weighted by molar-refractivity contribution is 8.14. The Morgan fingerprint density at radius 1 is 1.70 bits per heavy atom. The summed E-state index contributed by atoms with van der Waals surface area (Å²) in [5.74, 6) is 0.908. The van der Waals surface area contributed by atoms with Crippen molar-refractivity contribution in [2.45, 2.75) is 6.43 Å². The number of halogens is 2. The fourth-order valence-electron chi connectivity index (χ4n) is 0.607. The van der Waals surface area contributed by atoms with Crippen LogP contribution in [-0.4, -0.2) is 30.4 Å². The van der Waals surface area contributed by atoms with E-state index in [0.717, 1.165) is 12.3 Å². The molecule has 0 fully saturated rings. The molecule has 1 aliphatic rings. The first-order valence-electron chi connectivity index (χ1n) is 2.98. The summed E-state index contributed by atoms with van der Waals surface area (Å²) in [5.41, 5.74) is 0. The maximum absolute atomic E-state index is 11.6. The molecule has 0 aromatic carbocycles. The highest BCUT2D eigenvalue weighted by atomic mass is 32.2. The second-order valence-corrected chi connectivity index (χ2v) is 2.89. The molecule has 2 nitrogen and oxygen atoms in total. The van der Waals surface area contributed by atoms with Crippen LogP contribution < -0.4 is 5.32 Å². The van der Waals surface area contributed by atoms with Crippen molar-refractivity contribution in [1.82, 2.24) is 5.32 Å². The molecule has 1 rings (SSSR count). The molecule has 0 atom stereocenters. The molecule has 58 valence electrons. The van der Waals surface area contributed by atoms with E-state index < -0.39 is 6.43 Å².